The van der Waals surface area contributed by atoms with Crippen LogP contribution in [0.1, 0.15) is 11.1 Å². The van der Waals surface area contributed by atoms with E-state index in [1.165, 1.54) is 16.5 Å². The summed E-state index contributed by atoms with van der Waals surface area (Å²) in [5.74, 6) is 0.895. The van der Waals surface area contributed by atoms with Crippen molar-refractivity contribution < 1.29 is 4.74 Å². The summed E-state index contributed by atoms with van der Waals surface area (Å²) < 4.78 is 5.29. The Morgan fingerprint density at radius 2 is 2.24 bits per heavy atom. The number of aromatic amines is 1. The Balaban J connectivity index is 1.60. The SMILES string of the molecule is COc1ccc2[nH]cc(CCNCc3cccnc3)c2c1. The van der Waals surface area contributed by atoms with Crippen LogP contribution in [0.2, 0.25) is 0 Å². The summed E-state index contributed by atoms with van der Waals surface area (Å²) in [5.41, 5.74) is 3.67. The summed E-state index contributed by atoms with van der Waals surface area (Å²) in [5, 5.41) is 4.68. The number of aromatic nitrogens is 2. The molecule has 0 unspecified atom stereocenters. The normalized spacial score (nSPS) is 10.9. The van der Waals surface area contributed by atoms with E-state index in [1.807, 2.05) is 18.3 Å². The molecule has 2 N–H and O–H groups in total. The summed E-state index contributed by atoms with van der Waals surface area (Å²) >= 11 is 0. The Kier molecular flexibility index (Phi) is 4.17. The van der Waals surface area contributed by atoms with Crippen LogP contribution in [0, 0.1) is 0 Å². The molecule has 4 nitrogen and oxygen atoms in total. The molecule has 0 radical (unpaired) electrons. The van der Waals surface area contributed by atoms with E-state index < -0.39 is 0 Å². The first-order chi connectivity index (χ1) is 10.4. The molecular formula is C17H19N3O. The van der Waals surface area contributed by atoms with Crippen LogP contribution in [-0.4, -0.2) is 23.6 Å². The predicted octanol–water partition coefficient (Wildman–Crippen LogP) is 2.90. The first kappa shape index (κ1) is 13.6. The number of nitrogens with zero attached hydrogens (tertiary/aromatic N) is 1. The van der Waals surface area contributed by atoms with E-state index in [0.29, 0.717) is 0 Å². The molecule has 0 atom stereocenters. The van der Waals surface area contributed by atoms with Gasteiger partial charge in [-0.25, -0.2) is 0 Å². The lowest BCUT2D eigenvalue weighted by atomic mass is 10.1. The summed E-state index contributed by atoms with van der Waals surface area (Å²) in [6.45, 7) is 1.78. The fourth-order valence-electron chi connectivity index (χ4n) is 2.45. The zero-order valence-electron chi connectivity index (χ0n) is 12.1. The Hall–Kier alpha value is -2.33. The maximum atomic E-state index is 5.29. The van der Waals surface area contributed by atoms with Crippen molar-refractivity contribution in [2.75, 3.05) is 13.7 Å². The molecule has 0 aliphatic heterocycles. The van der Waals surface area contributed by atoms with Crippen molar-refractivity contribution in [3.05, 3.63) is 60.0 Å². The van der Waals surface area contributed by atoms with Crippen LogP contribution in [0.4, 0.5) is 0 Å². The molecule has 0 aliphatic rings. The minimum absolute atomic E-state index is 0.847. The van der Waals surface area contributed by atoms with Crippen LogP contribution in [-0.2, 0) is 13.0 Å². The third kappa shape index (κ3) is 3.23. The van der Waals surface area contributed by atoms with Gasteiger partial charge in [0, 0.05) is 36.0 Å². The lowest BCUT2D eigenvalue weighted by Crippen LogP contribution is -2.16. The number of pyridine rings is 1. The van der Waals surface area contributed by atoms with Crippen LogP contribution in [0.25, 0.3) is 10.9 Å². The van der Waals surface area contributed by atoms with Crippen molar-refractivity contribution >= 4 is 10.9 Å². The third-order valence-corrected chi connectivity index (χ3v) is 3.60. The summed E-state index contributed by atoms with van der Waals surface area (Å²) in [6.07, 6.45) is 6.75. The quantitative estimate of drug-likeness (QED) is 0.683. The second-order valence-electron chi connectivity index (χ2n) is 5.01. The van der Waals surface area contributed by atoms with Gasteiger partial charge in [0.2, 0.25) is 0 Å². The monoisotopic (exact) mass is 281 g/mol. The topological polar surface area (TPSA) is 49.9 Å². The molecule has 0 amide bonds. The van der Waals surface area contributed by atoms with Crippen molar-refractivity contribution in [2.45, 2.75) is 13.0 Å². The Labute approximate surface area is 124 Å². The van der Waals surface area contributed by atoms with Gasteiger partial charge in [0.05, 0.1) is 7.11 Å². The fraction of sp³-hybridized carbons (Fsp3) is 0.235. The molecule has 2 aromatic heterocycles. The molecule has 2 heterocycles. The second-order valence-corrected chi connectivity index (χ2v) is 5.01. The van der Waals surface area contributed by atoms with Gasteiger partial charge in [-0.1, -0.05) is 6.07 Å². The van der Waals surface area contributed by atoms with Crippen LogP contribution in [0.3, 0.4) is 0 Å². The Morgan fingerprint density at radius 1 is 1.29 bits per heavy atom. The average Bonchev–Trinajstić information content (AvgIpc) is 2.95. The molecule has 0 aliphatic carbocycles. The largest absolute Gasteiger partial charge is 0.497 e. The molecule has 3 aromatic rings. The smallest absolute Gasteiger partial charge is 0.119 e. The van der Waals surface area contributed by atoms with Crippen LogP contribution < -0.4 is 10.1 Å². The highest BCUT2D eigenvalue weighted by atomic mass is 16.5. The number of H-pyrrole nitrogens is 1. The average molecular weight is 281 g/mol. The van der Waals surface area contributed by atoms with E-state index in [9.17, 15) is 0 Å². The number of hydrogen-bond donors (Lipinski definition) is 2. The number of rotatable bonds is 6. The van der Waals surface area contributed by atoms with Crippen molar-refractivity contribution in [2.24, 2.45) is 0 Å². The fourth-order valence-corrected chi connectivity index (χ4v) is 2.45. The van der Waals surface area contributed by atoms with Gasteiger partial charge in [0.15, 0.2) is 0 Å². The number of benzene rings is 1. The lowest BCUT2D eigenvalue weighted by Gasteiger charge is -2.05. The number of ether oxygens (including phenoxy) is 1. The molecule has 0 spiro atoms. The number of methoxy groups -OCH3 is 1. The van der Waals surface area contributed by atoms with Crippen LogP contribution in [0.15, 0.2) is 48.9 Å². The molecule has 1 aromatic carbocycles. The van der Waals surface area contributed by atoms with E-state index in [-0.39, 0.29) is 0 Å². The Bertz CT molecular complexity index is 706. The van der Waals surface area contributed by atoms with Gasteiger partial charge in [0.25, 0.3) is 0 Å². The third-order valence-electron chi connectivity index (χ3n) is 3.60. The van der Waals surface area contributed by atoms with Crippen molar-refractivity contribution in [3.8, 4) is 5.75 Å². The van der Waals surface area contributed by atoms with Gasteiger partial charge in [-0.05, 0) is 48.4 Å². The lowest BCUT2D eigenvalue weighted by molar-refractivity contribution is 0.415. The van der Waals surface area contributed by atoms with Crippen molar-refractivity contribution in [1.29, 1.82) is 0 Å². The van der Waals surface area contributed by atoms with E-state index in [4.69, 9.17) is 4.74 Å². The standard InChI is InChI=1S/C17H19N3O/c1-21-15-4-5-17-16(9-15)14(12-20-17)6-8-19-11-13-3-2-7-18-10-13/h2-5,7,9-10,12,19-20H,6,8,11H2,1H3. The summed E-state index contributed by atoms with van der Waals surface area (Å²) in [7, 11) is 1.70. The van der Waals surface area contributed by atoms with Crippen LogP contribution >= 0.6 is 0 Å². The predicted molar refractivity (Wildman–Crippen MR) is 84.5 cm³/mol. The maximum Gasteiger partial charge on any atom is 0.119 e. The van der Waals surface area contributed by atoms with E-state index >= 15 is 0 Å². The highest BCUT2D eigenvalue weighted by Gasteiger charge is 2.04. The van der Waals surface area contributed by atoms with E-state index in [1.54, 1.807) is 13.3 Å². The van der Waals surface area contributed by atoms with Gasteiger partial charge in [-0.15, -0.1) is 0 Å². The number of nitrogens with one attached hydrogen (secondary N) is 2. The minimum atomic E-state index is 0.847. The summed E-state index contributed by atoms with van der Waals surface area (Å²) in [4.78, 5) is 7.42. The zero-order valence-corrected chi connectivity index (χ0v) is 12.1. The Morgan fingerprint density at radius 3 is 3.05 bits per heavy atom. The van der Waals surface area contributed by atoms with Crippen molar-refractivity contribution in [3.63, 3.8) is 0 Å². The highest BCUT2D eigenvalue weighted by molar-refractivity contribution is 5.84. The van der Waals surface area contributed by atoms with E-state index in [0.717, 1.165) is 30.8 Å². The maximum absolute atomic E-state index is 5.29. The molecular weight excluding hydrogens is 262 g/mol. The minimum Gasteiger partial charge on any atom is -0.497 e. The molecule has 108 valence electrons. The molecule has 0 bridgehead atoms. The number of fused-ring (bicyclic) bond motifs is 1. The van der Waals surface area contributed by atoms with Gasteiger partial charge in [-0.2, -0.15) is 0 Å². The first-order valence-electron chi connectivity index (χ1n) is 7.10. The molecule has 0 saturated heterocycles. The van der Waals surface area contributed by atoms with Gasteiger partial charge < -0.3 is 15.0 Å². The molecule has 4 heteroatoms. The first-order valence-corrected chi connectivity index (χ1v) is 7.10. The zero-order chi connectivity index (χ0) is 14.5. The molecule has 0 fully saturated rings. The highest BCUT2D eigenvalue weighted by Crippen LogP contribution is 2.23. The molecule has 21 heavy (non-hydrogen) atoms. The number of hydrogen-bond acceptors (Lipinski definition) is 3. The molecule has 3 rings (SSSR count). The van der Waals surface area contributed by atoms with Gasteiger partial charge >= 0.3 is 0 Å². The summed E-state index contributed by atoms with van der Waals surface area (Å²) in [6, 6.07) is 10.2. The molecule has 0 saturated carbocycles. The second kappa shape index (κ2) is 6.41. The van der Waals surface area contributed by atoms with Gasteiger partial charge in [-0.3, -0.25) is 4.98 Å². The van der Waals surface area contributed by atoms with Crippen LogP contribution in [0.5, 0.6) is 5.75 Å². The van der Waals surface area contributed by atoms with Crippen molar-refractivity contribution in [1.82, 2.24) is 15.3 Å². The van der Waals surface area contributed by atoms with E-state index in [2.05, 4.69) is 39.7 Å². The van der Waals surface area contributed by atoms with Gasteiger partial charge in [0.1, 0.15) is 5.75 Å².